The molecule has 0 spiro atoms. The molecule has 32 heavy (non-hydrogen) atoms. The number of aliphatic imine (C=N–C) groups is 1. The van der Waals surface area contributed by atoms with Crippen molar-refractivity contribution in [3.8, 4) is 10.4 Å². The van der Waals surface area contributed by atoms with Gasteiger partial charge in [0.05, 0.1) is 17.7 Å². The lowest BCUT2D eigenvalue weighted by molar-refractivity contribution is 0.0546. The number of carbonyl (C=O) groups is 1. The molecule has 2 aliphatic rings. The molecule has 5 nitrogen and oxygen atoms in total. The van der Waals surface area contributed by atoms with E-state index in [9.17, 15) is 9.90 Å². The molecule has 2 aromatic rings. The van der Waals surface area contributed by atoms with Crippen LogP contribution >= 0.6 is 22.9 Å². The zero-order valence-corrected chi connectivity index (χ0v) is 19.5. The van der Waals surface area contributed by atoms with Gasteiger partial charge in [0.1, 0.15) is 0 Å². The zero-order chi connectivity index (χ0) is 22.7. The molecule has 0 saturated carbocycles. The van der Waals surface area contributed by atoms with Gasteiger partial charge in [-0.25, -0.2) is 0 Å². The van der Waals surface area contributed by atoms with Gasteiger partial charge in [0.25, 0.3) is 5.91 Å². The molecule has 1 amide bonds. The highest BCUT2D eigenvalue weighted by molar-refractivity contribution is 7.13. The summed E-state index contributed by atoms with van der Waals surface area (Å²) in [6, 6.07) is 7.51. The van der Waals surface area contributed by atoms with Crippen molar-refractivity contribution in [1.82, 2.24) is 4.90 Å². The van der Waals surface area contributed by atoms with Crippen molar-refractivity contribution in [2.75, 3.05) is 26.3 Å². The maximum absolute atomic E-state index is 12.8. The van der Waals surface area contributed by atoms with Crippen LogP contribution in [0.15, 0.2) is 53.0 Å². The average molecular weight is 471 g/mol. The van der Waals surface area contributed by atoms with E-state index in [4.69, 9.17) is 16.3 Å². The Hall–Kier alpha value is -2.25. The van der Waals surface area contributed by atoms with Gasteiger partial charge in [-0.1, -0.05) is 24.2 Å². The Bertz CT molecular complexity index is 1050. The maximum atomic E-state index is 12.8. The van der Waals surface area contributed by atoms with E-state index in [1.165, 1.54) is 0 Å². The van der Waals surface area contributed by atoms with Gasteiger partial charge in [-0.3, -0.25) is 9.79 Å². The molecule has 0 aliphatic carbocycles. The number of aliphatic hydroxyl groups excluding tert-OH is 1. The quantitative estimate of drug-likeness (QED) is 0.460. The predicted octanol–water partition coefficient (Wildman–Crippen LogP) is 5.30. The van der Waals surface area contributed by atoms with Gasteiger partial charge in [0.15, 0.2) is 0 Å². The Labute approximate surface area is 197 Å². The van der Waals surface area contributed by atoms with Crippen molar-refractivity contribution in [3.05, 3.63) is 64.1 Å². The Morgan fingerprint density at radius 1 is 1.25 bits per heavy atom. The van der Waals surface area contributed by atoms with Gasteiger partial charge in [-0.05, 0) is 66.8 Å². The van der Waals surface area contributed by atoms with E-state index in [1.807, 2.05) is 18.2 Å². The number of benzene rings is 1. The highest BCUT2D eigenvalue weighted by Gasteiger charge is 2.23. The molecule has 1 atom stereocenters. The minimum Gasteiger partial charge on any atom is -0.393 e. The Kier molecular flexibility index (Phi) is 7.26. The van der Waals surface area contributed by atoms with E-state index < -0.39 is 0 Å². The SMILES string of the molecule is C=N/C(=C\C(=C)c1csc(-c2ccc(C(=O)N3CCC(O)CC3)cc2Cl)c1)C1CCOC1. The van der Waals surface area contributed by atoms with E-state index in [0.29, 0.717) is 43.1 Å². The Balaban J connectivity index is 1.49. The number of likely N-dealkylation sites (tertiary alicyclic amines) is 1. The van der Waals surface area contributed by atoms with Crippen molar-refractivity contribution in [3.63, 3.8) is 0 Å². The molecule has 168 valence electrons. The first kappa shape index (κ1) is 22.9. The van der Waals surface area contributed by atoms with Crippen molar-refractivity contribution >= 4 is 41.1 Å². The van der Waals surface area contributed by atoms with Gasteiger partial charge in [-0.15, -0.1) is 11.3 Å². The van der Waals surface area contributed by atoms with Crippen LogP contribution in [0, 0.1) is 5.92 Å². The molecule has 1 N–H and O–H groups in total. The van der Waals surface area contributed by atoms with Crippen LogP contribution in [0.25, 0.3) is 16.0 Å². The molecule has 2 saturated heterocycles. The number of thiophene rings is 1. The molecule has 2 aliphatic heterocycles. The van der Waals surface area contributed by atoms with Crippen molar-refractivity contribution < 1.29 is 14.6 Å². The summed E-state index contributed by atoms with van der Waals surface area (Å²) in [6.07, 6.45) is 3.85. The van der Waals surface area contributed by atoms with E-state index in [2.05, 4.69) is 29.7 Å². The van der Waals surface area contributed by atoms with E-state index in [1.54, 1.807) is 22.3 Å². The van der Waals surface area contributed by atoms with Gasteiger partial charge in [0.2, 0.25) is 0 Å². The third-order valence-corrected chi connectivity index (χ3v) is 7.33. The van der Waals surface area contributed by atoms with Gasteiger partial charge in [0, 0.05) is 47.3 Å². The number of nitrogens with zero attached hydrogens (tertiary/aromatic N) is 2. The largest absolute Gasteiger partial charge is 0.393 e. The fourth-order valence-electron chi connectivity index (χ4n) is 4.07. The summed E-state index contributed by atoms with van der Waals surface area (Å²) in [7, 11) is 0. The zero-order valence-electron chi connectivity index (χ0n) is 17.9. The second-order valence-electron chi connectivity index (χ2n) is 8.23. The number of ether oxygens (including phenoxy) is 1. The molecule has 1 aromatic carbocycles. The predicted molar refractivity (Wildman–Crippen MR) is 132 cm³/mol. The summed E-state index contributed by atoms with van der Waals surface area (Å²) in [5.74, 6) is 0.223. The van der Waals surface area contributed by atoms with Gasteiger partial charge in [-0.2, -0.15) is 0 Å². The van der Waals surface area contributed by atoms with Crippen LogP contribution in [-0.4, -0.2) is 55.0 Å². The molecule has 0 bridgehead atoms. The number of carbonyl (C=O) groups excluding carboxylic acids is 1. The first-order chi connectivity index (χ1) is 15.5. The van der Waals surface area contributed by atoms with Crippen LogP contribution in [0.2, 0.25) is 5.02 Å². The monoisotopic (exact) mass is 470 g/mol. The summed E-state index contributed by atoms with van der Waals surface area (Å²) in [6.45, 7) is 10.5. The first-order valence-corrected chi connectivity index (χ1v) is 12.0. The second kappa shape index (κ2) is 10.1. The molecular formula is C25H27ClN2O3S. The first-order valence-electron chi connectivity index (χ1n) is 10.8. The number of aliphatic hydroxyl groups is 1. The lowest BCUT2D eigenvalue weighted by Gasteiger charge is -2.29. The minimum atomic E-state index is -0.313. The number of hydrogen-bond acceptors (Lipinski definition) is 5. The smallest absolute Gasteiger partial charge is 0.253 e. The van der Waals surface area contributed by atoms with Crippen LogP contribution in [0.5, 0.6) is 0 Å². The van der Waals surface area contributed by atoms with Crippen LogP contribution in [0.1, 0.15) is 35.2 Å². The van der Waals surface area contributed by atoms with Crippen LogP contribution in [-0.2, 0) is 4.74 Å². The van der Waals surface area contributed by atoms with Gasteiger partial charge >= 0.3 is 0 Å². The topological polar surface area (TPSA) is 62.1 Å². The maximum Gasteiger partial charge on any atom is 0.253 e. The van der Waals surface area contributed by atoms with Crippen molar-refractivity contribution in [1.29, 1.82) is 0 Å². The van der Waals surface area contributed by atoms with E-state index in [-0.39, 0.29) is 17.9 Å². The van der Waals surface area contributed by atoms with E-state index in [0.717, 1.165) is 40.3 Å². The summed E-state index contributed by atoms with van der Waals surface area (Å²) in [5, 5.41) is 12.3. The number of amides is 1. The summed E-state index contributed by atoms with van der Waals surface area (Å²) in [4.78, 5) is 19.8. The number of rotatable bonds is 6. The summed E-state index contributed by atoms with van der Waals surface area (Å²) < 4.78 is 5.46. The fourth-order valence-corrected chi connectivity index (χ4v) is 5.38. The Morgan fingerprint density at radius 3 is 2.69 bits per heavy atom. The molecule has 1 aromatic heterocycles. The molecule has 7 heteroatoms. The molecule has 0 radical (unpaired) electrons. The van der Waals surface area contributed by atoms with Crippen LogP contribution < -0.4 is 0 Å². The molecule has 3 heterocycles. The van der Waals surface area contributed by atoms with Crippen molar-refractivity contribution in [2.24, 2.45) is 10.9 Å². The highest BCUT2D eigenvalue weighted by Crippen LogP contribution is 2.36. The lowest BCUT2D eigenvalue weighted by atomic mass is 10.0. The summed E-state index contributed by atoms with van der Waals surface area (Å²) in [5.41, 5.74) is 4.24. The minimum absolute atomic E-state index is 0.0453. The van der Waals surface area contributed by atoms with Crippen LogP contribution in [0.4, 0.5) is 0 Å². The second-order valence-corrected chi connectivity index (χ2v) is 9.55. The lowest BCUT2D eigenvalue weighted by Crippen LogP contribution is -2.40. The molecular weight excluding hydrogens is 444 g/mol. The number of piperidine rings is 1. The molecule has 1 unspecified atom stereocenters. The van der Waals surface area contributed by atoms with Gasteiger partial charge < -0.3 is 14.7 Å². The van der Waals surface area contributed by atoms with Crippen LogP contribution in [0.3, 0.4) is 0 Å². The highest BCUT2D eigenvalue weighted by atomic mass is 35.5. The average Bonchev–Trinajstić information content (AvgIpc) is 3.50. The van der Waals surface area contributed by atoms with E-state index >= 15 is 0 Å². The Morgan fingerprint density at radius 2 is 2.03 bits per heavy atom. The number of hydrogen-bond donors (Lipinski definition) is 1. The normalized spacial score (nSPS) is 19.9. The number of allylic oxidation sites excluding steroid dienone is 2. The molecule has 2 fully saturated rings. The third kappa shape index (κ3) is 5.04. The molecule has 4 rings (SSSR count). The number of halogens is 1. The standard InChI is InChI=1S/C25H27ClN2O3S/c1-16(11-23(27-2)18-7-10-31-14-18)19-13-24(32-15-19)21-4-3-17(12-22(21)26)25(30)28-8-5-20(29)6-9-28/h3-4,11-13,15,18,20,29H,1-2,5-10,14H2/b23-11-. The third-order valence-electron chi connectivity index (χ3n) is 6.06. The summed E-state index contributed by atoms with van der Waals surface area (Å²) >= 11 is 8.16. The fraction of sp³-hybridized carbons (Fsp3) is 0.360. The van der Waals surface area contributed by atoms with Crippen molar-refractivity contribution in [2.45, 2.75) is 25.4 Å².